The number of benzene rings is 1. The third kappa shape index (κ3) is 2.51. The number of hydrogen-bond acceptors (Lipinski definition) is 5. The van der Waals surface area contributed by atoms with Crippen LogP contribution in [0.3, 0.4) is 0 Å². The number of rotatable bonds is 4. The van der Waals surface area contributed by atoms with Crippen LogP contribution in [0, 0.1) is 11.3 Å². The highest BCUT2D eigenvalue weighted by molar-refractivity contribution is 5.72. The minimum absolute atomic E-state index is 0.123. The van der Waals surface area contributed by atoms with Crippen LogP contribution in [0.1, 0.15) is 6.42 Å². The van der Waals surface area contributed by atoms with Crippen molar-refractivity contribution in [1.82, 2.24) is 9.47 Å². The second-order valence-corrected chi connectivity index (χ2v) is 6.78. The predicted octanol–water partition coefficient (Wildman–Crippen LogP) is 0.925. The summed E-state index contributed by atoms with van der Waals surface area (Å²) in [4.78, 5) is 14.4. The van der Waals surface area contributed by atoms with Gasteiger partial charge in [0.05, 0.1) is 18.7 Å². The lowest BCUT2D eigenvalue weighted by molar-refractivity contribution is -0.0560. The molecular weight excluding hydrogens is 296 g/mol. The van der Waals surface area contributed by atoms with Crippen molar-refractivity contribution in [2.24, 2.45) is 11.3 Å². The largest absolute Gasteiger partial charge is 0.419 e. The molecule has 1 aromatic carbocycles. The first-order valence-electron chi connectivity index (χ1n) is 8.21. The lowest BCUT2D eigenvalue weighted by Gasteiger charge is -2.36. The number of para-hydroxylation sites is 2. The normalized spacial score (nSPS) is 28.3. The second kappa shape index (κ2) is 5.78. The third-order valence-corrected chi connectivity index (χ3v) is 5.41. The third-order valence-electron chi connectivity index (χ3n) is 5.41. The van der Waals surface area contributed by atoms with E-state index < -0.39 is 0 Å². The van der Waals surface area contributed by atoms with Gasteiger partial charge in [-0.3, -0.25) is 4.57 Å². The smallest absolute Gasteiger partial charge is 0.408 e. The topological polar surface area (TPSA) is 67.8 Å². The minimum Gasteiger partial charge on any atom is -0.408 e. The van der Waals surface area contributed by atoms with Crippen LogP contribution >= 0.6 is 0 Å². The van der Waals surface area contributed by atoms with Crippen molar-refractivity contribution >= 4 is 11.1 Å². The van der Waals surface area contributed by atoms with Gasteiger partial charge < -0.3 is 19.2 Å². The van der Waals surface area contributed by atoms with E-state index in [1.807, 2.05) is 24.3 Å². The number of ether oxygens (including phenoxy) is 1. The van der Waals surface area contributed by atoms with Crippen molar-refractivity contribution in [3.63, 3.8) is 0 Å². The van der Waals surface area contributed by atoms with Crippen molar-refractivity contribution < 1.29 is 14.3 Å². The number of likely N-dealkylation sites (tertiary alicyclic amines) is 1. The molecule has 0 bridgehead atoms. The highest BCUT2D eigenvalue weighted by atomic mass is 16.5. The summed E-state index contributed by atoms with van der Waals surface area (Å²) >= 11 is 0. The summed E-state index contributed by atoms with van der Waals surface area (Å²) < 4.78 is 12.6. The Morgan fingerprint density at radius 1 is 1.30 bits per heavy atom. The summed E-state index contributed by atoms with van der Waals surface area (Å²) in [5.74, 6) is 0.182. The maximum absolute atomic E-state index is 12.0. The Morgan fingerprint density at radius 2 is 2.17 bits per heavy atom. The van der Waals surface area contributed by atoms with Crippen molar-refractivity contribution in [2.75, 3.05) is 39.5 Å². The van der Waals surface area contributed by atoms with E-state index in [4.69, 9.17) is 9.15 Å². The molecule has 6 nitrogen and oxygen atoms in total. The van der Waals surface area contributed by atoms with Gasteiger partial charge in [0.25, 0.3) is 0 Å². The van der Waals surface area contributed by atoms with Crippen molar-refractivity contribution in [3.05, 3.63) is 34.8 Å². The molecule has 0 radical (unpaired) electrons. The van der Waals surface area contributed by atoms with Crippen LogP contribution in [-0.2, 0) is 11.3 Å². The van der Waals surface area contributed by atoms with Gasteiger partial charge in [-0.15, -0.1) is 0 Å². The van der Waals surface area contributed by atoms with Gasteiger partial charge in [-0.1, -0.05) is 12.1 Å². The molecule has 0 aliphatic carbocycles. The van der Waals surface area contributed by atoms with E-state index in [-0.39, 0.29) is 17.8 Å². The Morgan fingerprint density at radius 3 is 3.00 bits per heavy atom. The van der Waals surface area contributed by atoms with E-state index in [1.54, 1.807) is 4.57 Å². The molecule has 0 saturated carbocycles. The molecule has 4 rings (SSSR count). The van der Waals surface area contributed by atoms with Crippen LogP contribution in [0.4, 0.5) is 0 Å². The SMILES string of the molecule is O=c1oc2ccccc2n1CCN1C[C@@H]2CCOC[C@]2(CO)C1. The van der Waals surface area contributed by atoms with Crippen molar-refractivity contribution in [2.45, 2.75) is 13.0 Å². The zero-order valence-electron chi connectivity index (χ0n) is 13.1. The molecule has 0 unspecified atom stereocenters. The number of aromatic nitrogens is 1. The van der Waals surface area contributed by atoms with Gasteiger partial charge in [-0.05, 0) is 24.5 Å². The quantitative estimate of drug-likeness (QED) is 0.908. The number of oxazole rings is 1. The molecule has 23 heavy (non-hydrogen) atoms. The lowest BCUT2D eigenvalue weighted by atomic mass is 9.76. The summed E-state index contributed by atoms with van der Waals surface area (Å²) in [5.41, 5.74) is 1.35. The summed E-state index contributed by atoms with van der Waals surface area (Å²) in [6, 6.07) is 7.50. The van der Waals surface area contributed by atoms with Gasteiger partial charge in [0.15, 0.2) is 5.58 Å². The maximum Gasteiger partial charge on any atom is 0.419 e. The Kier molecular flexibility index (Phi) is 3.75. The summed E-state index contributed by atoms with van der Waals surface area (Å²) in [7, 11) is 0. The van der Waals surface area contributed by atoms with Crippen LogP contribution in [0.5, 0.6) is 0 Å². The summed E-state index contributed by atoms with van der Waals surface area (Å²) in [6.45, 7) is 4.77. The molecule has 6 heteroatoms. The first-order chi connectivity index (χ1) is 11.2. The van der Waals surface area contributed by atoms with Gasteiger partial charge >= 0.3 is 5.76 Å². The number of nitrogens with zero attached hydrogens (tertiary/aromatic N) is 2. The zero-order chi connectivity index (χ0) is 15.9. The summed E-state index contributed by atoms with van der Waals surface area (Å²) in [6.07, 6.45) is 1.01. The van der Waals surface area contributed by atoms with E-state index in [0.717, 1.165) is 38.2 Å². The van der Waals surface area contributed by atoms with Gasteiger partial charge in [-0.25, -0.2) is 4.79 Å². The fraction of sp³-hybridized carbons (Fsp3) is 0.588. The maximum atomic E-state index is 12.0. The molecule has 1 aromatic heterocycles. The molecule has 0 spiro atoms. The highest BCUT2D eigenvalue weighted by Crippen LogP contribution is 2.40. The fourth-order valence-electron chi connectivity index (χ4n) is 4.07. The Balaban J connectivity index is 1.49. The zero-order valence-corrected chi connectivity index (χ0v) is 13.1. The Hall–Kier alpha value is -1.63. The van der Waals surface area contributed by atoms with Crippen LogP contribution < -0.4 is 5.76 Å². The van der Waals surface area contributed by atoms with Gasteiger partial charge in [0.2, 0.25) is 0 Å². The molecule has 2 aliphatic heterocycles. The monoisotopic (exact) mass is 318 g/mol. The Labute approximate surface area is 134 Å². The van der Waals surface area contributed by atoms with E-state index in [1.165, 1.54) is 0 Å². The van der Waals surface area contributed by atoms with Crippen molar-refractivity contribution in [3.8, 4) is 0 Å². The van der Waals surface area contributed by atoms with E-state index in [2.05, 4.69) is 4.90 Å². The molecule has 2 saturated heterocycles. The van der Waals surface area contributed by atoms with Crippen LogP contribution in [-0.4, -0.2) is 54.0 Å². The van der Waals surface area contributed by atoms with Gasteiger partial charge in [0.1, 0.15) is 0 Å². The molecule has 2 atom stereocenters. The van der Waals surface area contributed by atoms with E-state index in [0.29, 0.717) is 24.7 Å². The molecule has 0 amide bonds. The standard InChI is InChI=1S/C17H22N2O4/c20-11-17-10-18(9-13(17)5-8-22-12-17)6-7-19-14-3-1-2-4-15(14)23-16(19)21/h1-4,13,20H,5-12H2/t13-,17+/m0/s1. The lowest BCUT2D eigenvalue weighted by Crippen LogP contribution is -2.43. The van der Waals surface area contributed by atoms with Gasteiger partial charge in [-0.2, -0.15) is 0 Å². The molecule has 3 heterocycles. The second-order valence-electron chi connectivity index (χ2n) is 6.78. The first kappa shape index (κ1) is 14.9. The molecule has 2 aliphatic rings. The Bertz CT molecular complexity index is 752. The molecular formula is C17H22N2O4. The first-order valence-corrected chi connectivity index (χ1v) is 8.21. The minimum atomic E-state index is -0.303. The number of aliphatic hydroxyl groups is 1. The molecule has 2 fully saturated rings. The average molecular weight is 318 g/mol. The number of hydrogen-bond donors (Lipinski definition) is 1. The van der Waals surface area contributed by atoms with E-state index >= 15 is 0 Å². The molecule has 2 aromatic rings. The molecule has 1 N–H and O–H groups in total. The highest BCUT2D eigenvalue weighted by Gasteiger charge is 2.47. The van der Waals surface area contributed by atoms with Gasteiger partial charge in [0, 0.05) is 38.2 Å². The van der Waals surface area contributed by atoms with Crippen LogP contribution in [0.15, 0.2) is 33.5 Å². The summed E-state index contributed by atoms with van der Waals surface area (Å²) in [5, 5.41) is 9.83. The van der Waals surface area contributed by atoms with Crippen LogP contribution in [0.25, 0.3) is 11.1 Å². The van der Waals surface area contributed by atoms with Crippen LogP contribution in [0.2, 0.25) is 0 Å². The predicted molar refractivity (Wildman–Crippen MR) is 85.4 cm³/mol. The number of aliphatic hydroxyl groups excluding tert-OH is 1. The van der Waals surface area contributed by atoms with Crippen molar-refractivity contribution in [1.29, 1.82) is 0 Å². The molecule has 124 valence electrons. The fourth-order valence-corrected chi connectivity index (χ4v) is 4.07. The number of fused-ring (bicyclic) bond motifs is 2. The average Bonchev–Trinajstić information content (AvgIpc) is 3.10. The van der Waals surface area contributed by atoms with E-state index in [9.17, 15) is 9.90 Å².